The van der Waals surface area contributed by atoms with Crippen LogP contribution in [0.4, 0.5) is 14.5 Å². The minimum absolute atomic E-state index is 0.0873. The summed E-state index contributed by atoms with van der Waals surface area (Å²) in [5.74, 6) is -0.651. The zero-order valence-corrected chi connectivity index (χ0v) is 25.6. The lowest BCUT2D eigenvalue weighted by Crippen LogP contribution is -2.18. The number of benzene rings is 3. The van der Waals surface area contributed by atoms with Gasteiger partial charge in [0.05, 0.1) is 10.4 Å². The van der Waals surface area contributed by atoms with Gasteiger partial charge in [-0.2, -0.15) is 0 Å². The summed E-state index contributed by atoms with van der Waals surface area (Å²) in [4.78, 5) is 17.8. The number of carbonyl (C=O) groups is 1. The van der Waals surface area contributed by atoms with Crippen LogP contribution in [0.25, 0.3) is 34.0 Å². The first kappa shape index (κ1) is 31.3. The third-order valence-corrected chi connectivity index (χ3v) is 8.03. The predicted octanol–water partition coefficient (Wildman–Crippen LogP) is 8.28. The maximum atomic E-state index is 14.3. The first-order valence-corrected chi connectivity index (χ1v) is 14.9. The van der Waals surface area contributed by atoms with Gasteiger partial charge in [0.1, 0.15) is 17.5 Å². The van der Waals surface area contributed by atoms with Gasteiger partial charge in [0.25, 0.3) is 5.91 Å². The molecule has 4 nitrogen and oxygen atoms in total. The predicted molar refractivity (Wildman–Crippen MR) is 175 cm³/mol. The molecule has 0 radical (unpaired) electrons. The SMILES string of the molecule is C=c1cc(-c2nccn2C)s/c1=C(/C=C\C)CCC.Cc1ccc(NC(=O)c2ccc(-c3ccccc3)cc2F)cc1F. The summed E-state index contributed by atoms with van der Waals surface area (Å²) in [5.41, 5.74) is 3.60. The molecule has 0 spiro atoms. The van der Waals surface area contributed by atoms with E-state index in [9.17, 15) is 13.6 Å². The van der Waals surface area contributed by atoms with Gasteiger partial charge in [-0.1, -0.05) is 74.5 Å². The fourth-order valence-corrected chi connectivity index (χ4v) is 5.74. The number of thiophene rings is 1. The lowest BCUT2D eigenvalue weighted by atomic mass is 10.0. The van der Waals surface area contributed by atoms with Crippen molar-refractivity contribution in [2.24, 2.45) is 7.05 Å². The first-order chi connectivity index (χ1) is 20.7. The summed E-state index contributed by atoms with van der Waals surface area (Å²) >= 11 is 1.79. The third kappa shape index (κ3) is 7.81. The molecule has 220 valence electrons. The molecule has 0 aliphatic heterocycles. The number of carbonyl (C=O) groups excluding carboxylic acids is 1. The summed E-state index contributed by atoms with van der Waals surface area (Å²) in [7, 11) is 2.02. The Morgan fingerprint density at radius 2 is 1.79 bits per heavy atom. The van der Waals surface area contributed by atoms with Gasteiger partial charge >= 0.3 is 0 Å². The van der Waals surface area contributed by atoms with Crippen molar-refractivity contribution in [3.63, 3.8) is 0 Å². The van der Waals surface area contributed by atoms with Gasteiger partial charge in [-0.25, -0.2) is 13.8 Å². The second-order valence-corrected chi connectivity index (χ2v) is 11.1. The van der Waals surface area contributed by atoms with Gasteiger partial charge in [-0.05, 0) is 78.1 Å². The molecule has 43 heavy (non-hydrogen) atoms. The zero-order valence-electron chi connectivity index (χ0n) is 24.8. The largest absolute Gasteiger partial charge is 0.333 e. The van der Waals surface area contributed by atoms with Crippen molar-refractivity contribution in [3.8, 4) is 21.8 Å². The number of aromatic nitrogens is 2. The highest BCUT2D eigenvalue weighted by Gasteiger charge is 2.14. The monoisotopic (exact) mass is 595 g/mol. The van der Waals surface area contributed by atoms with Crippen molar-refractivity contribution in [1.29, 1.82) is 0 Å². The number of halogens is 2. The number of rotatable bonds is 7. The van der Waals surface area contributed by atoms with Gasteiger partial charge in [0.2, 0.25) is 0 Å². The maximum absolute atomic E-state index is 14.3. The van der Waals surface area contributed by atoms with E-state index in [1.54, 1.807) is 36.5 Å². The molecule has 0 unspecified atom stereocenters. The number of hydrogen-bond donors (Lipinski definition) is 1. The molecular formula is C36H35F2N3OS. The zero-order chi connectivity index (χ0) is 30.9. The van der Waals surface area contributed by atoms with Crippen molar-refractivity contribution < 1.29 is 13.6 Å². The lowest BCUT2D eigenvalue weighted by molar-refractivity contribution is 0.102. The molecule has 0 atom stereocenters. The van der Waals surface area contributed by atoms with Crippen molar-refractivity contribution in [3.05, 3.63) is 130 Å². The number of allylic oxidation sites excluding steroid dienone is 2. The van der Waals surface area contributed by atoms with E-state index in [0.29, 0.717) is 11.1 Å². The molecule has 0 saturated carbocycles. The third-order valence-electron chi connectivity index (χ3n) is 6.78. The molecule has 0 fully saturated rings. The standard InChI is InChI=1S/C20H15F2NO.C16H20N2S/c1-13-7-9-16(12-18(13)21)23-20(24)17-10-8-15(11-19(17)22)14-5-3-2-4-6-14;1-5-7-13(8-6-2)15-12(3)11-14(19-15)16-17-9-10-18(16)4/h2-12H,1H3,(H,23,24);5,7,9-11H,3,6,8H2,1-2,4H3/b;7-5-,15-13-. The maximum Gasteiger partial charge on any atom is 0.258 e. The van der Waals surface area contributed by atoms with E-state index >= 15 is 0 Å². The molecule has 7 heteroatoms. The highest BCUT2D eigenvalue weighted by atomic mass is 32.1. The Morgan fingerprint density at radius 1 is 1.02 bits per heavy atom. The van der Waals surface area contributed by atoms with Crippen LogP contribution in [0.3, 0.4) is 0 Å². The Labute approximate surface area is 255 Å². The molecule has 3 aromatic carbocycles. The van der Waals surface area contributed by atoms with Crippen LogP contribution in [0.2, 0.25) is 0 Å². The Morgan fingerprint density at radius 3 is 2.42 bits per heavy atom. The Hall–Kier alpha value is -4.62. The molecule has 5 aromatic rings. The molecular weight excluding hydrogens is 560 g/mol. The normalized spacial score (nSPS) is 11.7. The average Bonchev–Trinajstić information content (AvgIpc) is 3.60. The number of anilines is 1. The molecule has 1 N–H and O–H groups in total. The van der Waals surface area contributed by atoms with E-state index in [2.05, 4.69) is 48.9 Å². The number of amides is 1. The lowest BCUT2D eigenvalue weighted by Gasteiger charge is -2.09. The van der Waals surface area contributed by atoms with Crippen LogP contribution in [-0.4, -0.2) is 15.5 Å². The number of hydrogen-bond acceptors (Lipinski definition) is 3. The van der Waals surface area contributed by atoms with Crippen molar-refractivity contribution >= 4 is 35.1 Å². The van der Waals surface area contributed by atoms with E-state index in [1.165, 1.54) is 33.2 Å². The molecule has 2 aromatic heterocycles. The minimum Gasteiger partial charge on any atom is -0.333 e. The van der Waals surface area contributed by atoms with Crippen LogP contribution >= 0.6 is 11.3 Å². The van der Waals surface area contributed by atoms with Gasteiger partial charge in [-0.15, -0.1) is 11.3 Å². The number of nitrogens with zero attached hydrogens (tertiary/aromatic N) is 2. The Balaban J connectivity index is 0.000000203. The molecule has 0 aliphatic rings. The van der Waals surface area contributed by atoms with Gasteiger partial charge in [-0.3, -0.25) is 4.79 Å². The van der Waals surface area contributed by atoms with Crippen LogP contribution in [0.5, 0.6) is 0 Å². The fraction of sp³-hybridized carbons (Fsp3) is 0.167. The molecule has 0 bridgehead atoms. The highest BCUT2D eigenvalue weighted by Crippen LogP contribution is 2.23. The van der Waals surface area contributed by atoms with Crippen LogP contribution in [0.1, 0.15) is 42.6 Å². The van der Waals surface area contributed by atoms with E-state index in [-0.39, 0.29) is 11.3 Å². The first-order valence-electron chi connectivity index (χ1n) is 14.1. The van der Waals surface area contributed by atoms with Crippen LogP contribution in [0.15, 0.2) is 97.3 Å². The van der Waals surface area contributed by atoms with Crippen LogP contribution in [-0.2, 0) is 7.05 Å². The van der Waals surface area contributed by atoms with E-state index in [0.717, 1.165) is 29.4 Å². The number of nitrogens with one attached hydrogen (secondary N) is 1. The summed E-state index contributed by atoms with van der Waals surface area (Å²) in [6.07, 6.45) is 10.3. The number of aryl methyl sites for hydroxylation is 2. The van der Waals surface area contributed by atoms with Crippen LogP contribution < -0.4 is 15.1 Å². The van der Waals surface area contributed by atoms with E-state index in [4.69, 9.17) is 0 Å². The molecule has 0 saturated heterocycles. The van der Waals surface area contributed by atoms with Crippen molar-refractivity contribution in [1.82, 2.24) is 9.55 Å². The Kier molecular flexibility index (Phi) is 10.6. The molecule has 1 amide bonds. The van der Waals surface area contributed by atoms with Gasteiger partial charge in [0, 0.05) is 29.7 Å². The van der Waals surface area contributed by atoms with Gasteiger partial charge in [0.15, 0.2) is 0 Å². The smallest absolute Gasteiger partial charge is 0.258 e. The quantitative estimate of drug-likeness (QED) is 0.206. The second kappa shape index (κ2) is 14.5. The Bertz CT molecular complexity index is 1860. The van der Waals surface area contributed by atoms with Crippen LogP contribution in [0, 0.1) is 18.6 Å². The van der Waals surface area contributed by atoms with Gasteiger partial charge < -0.3 is 9.88 Å². The summed E-state index contributed by atoms with van der Waals surface area (Å²) in [6.45, 7) is 10.1. The topological polar surface area (TPSA) is 46.9 Å². The minimum atomic E-state index is -0.624. The van der Waals surface area contributed by atoms with E-state index in [1.807, 2.05) is 54.3 Å². The fourth-order valence-electron chi connectivity index (χ4n) is 4.54. The summed E-state index contributed by atoms with van der Waals surface area (Å²) < 4.78 is 31.2. The molecule has 2 heterocycles. The molecule has 5 rings (SSSR count). The van der Waals surface area contributed by atoms with Crippen molar-refractivity contribution in [2.45, 2.75) is 33.6 Å². The number of imidazole rings is 1. The summed E-state index contributed by atoms with van der Waals surface area (Å²) in [5, 5.41) is 3.61. The molecule has 0 aliphatic carbocycles. The highest BCUT2D eigenvalue weighted by molar-refractivity contribution is 7.13. The van der Waals surface area contributed by atoms with Crippen molar-refractivity contribution in [2.75, 3.05) is 5.32 Å². The average molecular weight is 596 g/mol. The second-order valence-electron chi connectivity index (χ2n) is 10.1. The summed E-state index contributed by atoms with van der Waals surface area (Å²) in [6, 6.07) is 20.2. The van der Waals surface area contributed by atoms with E-state index < -0.39 is 17.5 Å².